The summed E-state index contributed by atoms with van der Waals surface area (Å²) < 4.78 is 8.04. The standard InChI is InChI=1S/C23H27N3O2/c1-4-17(3)18-10-12-19(13-11-18)28-15-14-26-21-9-7-6-8-20(21)25-22(26)16-24-23(27)5-2/h5-13,17H,2,4,14-16H2,1,3H3,(H,24,27). The largest absolute Gasteiger partial charge is 0.492 e. The molecule has 0 aliphatic heterocycles. The molecule has 5 nitrogen and oxygen atoms in total. The van der Waals surface area contributed by atoms with Gasteiger partial charge in [0, 0.05) is 0 Å². The van der Waals surface area contributed by atoms with Crippen molar-refractivity contribution in [2.45, 2.75) is 39.3 Å². The summed E-state index contributed by atoms with van der Waals surface area (Å²) in [4.78, 5) is 16.2. The van der Waals surface area contributed by atoms with E-state index >= 15 is 0 Å². The van der Waals surface area contributed by atoms with Crippen molar-refractivity contribution >= 4 is 16.9 Å². The molecule has 3 aromatic rings. The number of hydrogen-bond acceptors (Lipinski definition) is 3. The molecule has 1 heterocycles. The number of benzene rings is 2. The highest BCUT2D eigenvalue weighted by atomic mass is 16.5. The average Bonchev–Trinajstić information content (AvgIpc) is 3.09. The summed E-state index contributed by atoms with van der Waals surface area (Å²) in [7, 11) is 0. The number of carbonyl (C=O) groups excluding carboxylic acids is 1. The maximum Gasteiger partial charge on any atom is 0.243 e. The van der Waals surface area contributed by atoms with E-state index in [0.717, 1.165) is 29.0 Å². The van der Waals surface area contributed by atoms with E-state index in [-0.39, 0.29) is 5.91 Å². The number of para-hydroxylation sites is 2. The van der Waals surface area contributed by atoms with Crippen LogP contribution in [0.1, 0.15) is 37.6 Å². The molecule has 0 aliphatic rings. The van der Waals surface area contributed by atoms with Crippen molar-refractivity contribution in [3.63, 3.8) is 0 Å². The normalized spacial score (nSPS) is 11.9. The molecule has 2 aromatic carbocycles. The van der Waals surface area contributed by atoms with Crippen LogP contribution in [0.3, 0.4) is 0 Å². The van der Waals surface area contributed by atoms with Crippen LogP contribution < -0.4 is 10.1 Å². The van der Waals surface area contributed by atoms with Crippen LogP contribution in [-0.2, 0) is 17.9 Å². The van der Waals surface area contributed by atoms with Crippen molar-refractivity contribution in [3.05, 3.63) is 72.6 Å². The number of hydrogen-bond donors (Lipinski definition) is 1. The van der Waals surface area contributed by atoms with E-state index in [2.05, 4.69) is 47.4 Å². The molecule has 0 radical (unpaired) electrons. The first-order chi connectivity index (χ1) is 13.6. The molecule has 0 saturated heterocycles. The molecule has 146 valence electrons. The fraction of sp³-hybridized carbons (Fsp3) is 0.304. The molecule has 0 fully saturated rings. The topological polar surface area (TPSA) is 56.2 Å². The minimum absolute atomic E-state index is 0.212. The maximum absolute atomic E-state index is 11.5. The lowest BCUT2D eigenvalue weighted by atomic mass is 9.99. The molecule has 0 bridgehead atoms. The molecule has 1 aromatic heterocycles. The molecule has 5 heteroatoms. The summed E-state index contributed by atoms with van der Waals surface area (Å²) in [5.41, 5.74) is 3.26. The van der Waals surface area contributed by atoms with E-state index in [4.69, 9.17) is 4.74 Å². The second kappa shape index (κ2) is 9.22. The lowest BCUT2D eigenvalue weighted by molar-refractivity contribution is -0.116. The van der Waals surface area contributed by atoms with Crippen LogP contribution >= 0.6 is 0 Å². The van der Waals surface area contributed by atoms with E-state index in [1.807, 2.05) is 36.4 Å². The van der Waals surface area contributed by atoms with Crippen molar-refractivity contribution in [3.8, 4) is 5.75 Å². The summed E-state index contributed by atoms with van der Waals surface area (Å²) in [6.07, 6.45) is 2.39. The zero-order chi connectivity index (χ0) is 19.9. The van der Waals surface area contributed by atoms with Gasteiger partial charge in [0.15, 0.2) is 0 Å². The van der Waals surface area contributed by atoms with E-state index in [1.54, 1.807) is 0 Å². The minimum Gasteiger partial charge on any atom is -0.492 e. The first-order valence-corrected chi connectivity index (χ1v) is 9.69. The Hall–Kier alpha value is -3.08. The van der Waals surface area contributed by atoms with Crippen LogP contribution in [0.15, 0.2) is 61.2 Å². The van der Waals surface area contributed by atoms with Gasteiger partial charge in [0.2, 0.25) is 5.91 Å². The summed E-state index contributed by atoms with van der Waals surface area (Å²) >= 11 is 0. The molecular weight excluding hydrogens is 350 g/mol. The average molecular weight is 377 g/mol. The van der Waals surface area contributed by atoms with Crippen LogP contribution in [0, 0.1) is 0 Å². The van der Waals surface area contributed by atoms with Gasteiger partial charge in [-0.3, -0.25) is 4.79 Å². The monoisotopic (exact) mass is 377 g/mol. The van der Waals surface area contributed by atoms with E-state index < -0.39 is 0 Å². The van der Waals surface area contributed by atoms with Gasteiger partial charge in [0.1, 0.15) is 18.2 Å². The Morgan fingerprint density at radius 1 is 1.25 bits per heavy atom. The number of amides is 1. The lowest BCUT2D eigenvalue weighted by Crippen LogP contribution is -2.23. The number of nitrogens with zero attached hydrogens (tertiary/aromatic N) is 2. The Kier molecular flexibility index (Phi) is 6.48. The van der Waals surface area contributed by atoms with Crippen LogP contribution in [0.4, 0.5) is 0 Å². The highest BCUT2D eigenvalue weighted by Gasteiger charge is 2.11. The summed E-state index contributed by atoms with van der Waals surface area (Å²) in [6, 6.07) is 16.3. The van der Waals surface area contributed by atoms with Gasteiger partial charge >= 0.3 is 0 Å². The van der Waals surface area contributed by atoms with Gasteiger partial charge in [-0.1, -0.05) is 44.7 Å². The van der Waals surface area contributed by atoms with Crippen molar-refractivity contribution in [2.75, 3.05) is 6.61 Å². The maximum atomic E-state index is 11.5. The van der Waals surface area contributed by atoms with Crippen LogP contribution in [0.2, 0.25) is 0 Å². The van der Waals surface area contributed by atoms with Crippen molar-refractivity contribution in [1.29, 1.82) is 0 Å². The predicted molar refractivity (Wildman–Crippen MR) is 112 cm³/mol. The van der Waals surface area contributed by atoms with Gasteiger partial charge < -0.3 is 14.6 Å². The van der Waals surface area contributed by atoms with Crippen molar-refractivity contribution < 1.29 is 9.53 Å². The fourth-order valence-electron chi connectivity index (χ4n) is 3.13. The number of ether oxygens (including phenoxy) is 1. The Bertz CT molecular complexity index is 944. The molecule has 1 atom stereocenters. The second-order valence-electron chi connectivity index (χ2n) is 6.82. The highest BCUT2D eigenvalue weighted by molar-refractivity contribution is 5.86. The molecule has 1 N–H and O–H groups in total. The SMILES string of the molecule is C=CC(=O)NCc1nc2ccccc2n1CCOc1ccc(C(C)CC)cc1. The van der Waals surface area contributed by atoms with Crippen molar-refractivity contribution in [1.82, 2.24) is 14.9 Å². The molecule has 0 saturated carbocycles. The van der Waals surface area contributed by atoms with Gasteiger partial charge in [-0.2, -0.15) is 0 Å². The van der Waals surface area contributed by atoms with E-state index in [9.17, 15) is 4.79 Å². The predicted octanol–water partition coefficient (Wildman–Crippen LogP) is 4.43. The highest BCUT2D eigenvalue weighted by Crippen LogP contribution is 2.22. The summed E-state index contributed by atoms with van der Waals surface area (Å²) in [6.45, 7) is 9.42. The first-order valence-electron chi connectivity index (χ1n) is 9.69. The fourth-order valence-corrected chi connectivity index (χ4v) is 3.13. The number of imidazole rings is 1. The third-order valence-corrected chi connectivity index (χ3v) is 4.98. The molecule has 1 amide bonds. The Morgan fingerprint density at radius 3 is 2.71 bits per heavy atom. The van der Waals surface area contributed by atoms with Crippen LogP contribution in [0.25, 0.3) is 11.0 Å². The smallest absolute Gasteiger partial charge is 0.243 e. The molecule has 28 heavy (non-hydrogen) atoms. The van der Waals surface area contributed by atoms with Crippen LogP contribution in [-0.4, -0.2) is 22.1 Å². The quantitative estimate of drug-likeness (QED) is 0.561. The number of rotatable bonds is 9. The third kappa shape index (κ3) is 4.60. The zero-order valence-electron chi connectivity index (χ0n) is 16.5. The van der Waals surface area contributed by atoms with Gasteiger partial charge in [0.25, 0.3) is 0 Å². The number of fused-ring (bicyclic) bond motifs is 1. The number of carbonyl (C=O) groups is 1. The molecule has 0 spiro atoms. The third-order valence-electron chi connectivity index (χ3n) is 4.98. The minimum atomic E-state index is -0.212. The lowest BCUT2D eigenvalue weighted by Gasteiger charge is -2.13. The number of aromatic nitrogens is 2. The van der Waals surface area contributed by atoms with Gasteiger partial charge in [-0.15, -0.1) is 0 Å². The Balaban J connectivity index is 1.69. The molecular formula is C23H27N3O2. The van der Waals surface area contributed by atoms with Gasteiger partial charge in [-0.25, -0.2) is 4.98 Å². The van der Waals surface area contributed by atoms with Crippen molar-refractivity contribution in [2.24, 2.45) is 0 Å². The Morgan fingerprint density at radius 2 is 2.00 bits per heavy atom. The first kappa shape index (κ1) is 19.7. The number of nitrogens with one attached hydrogen (secondary N) is 1. The van der Waals surface area contributed by atoms with Gasteiger partial charge in [0.05, 0.1) is 24.1 Å². The Labute approximate surface area is 166 Å². The zero-order valence-corrected chi connectivity index (χ0v) is 16.5. The van der Waals surface area contributed by atoms with Gasteiger partial charge in [-0.05, 0) is 48.2 Å². The molecule has 0 aliphatic carbocycles. The van der Waals surface area contributed by atoms with E-state index in [0.29, 0.717) is 25.6 Å². The summed E-state index contributed by atoms with van der Waals surface area (Å²) in [5.74, 6) is 2.00. The summed E-state index contributed by atoms with van der Waals surface area (Å²) in [5, 5.41) is 2.80. The van der Waals surface area contributed by atoms with E-state index in [1.165, 1.54) is 11.6 Å². The molecule has 1 unspecified atom stereocenters. The second-order valence-corrected chi connectivity index (χ2v) is 6.82. The molecule has 3 rings (SSSR count). The van der Waals surface area contributed by atoms with Crippen LogP contribution in [0.5, 0.6) is 5.75 Å².